The lowest BCUT2D eigenvalue weighted by Crippen LogP contribution is -2.56. The molecule has 0 aliphatic heterocycles. The maximum atomic E-state index is 13.5. The second-order valence-corrected chi connectivity index (χ2v) is 8.20. The number of rotatable bonds is 9. The van der Waals surface area contributed by atoms with Gasteiger partial charge in [0.1, 0.15) is 17.0 Å². The minimum Gasteiger partial charge on any atom is -0.497 e. The van der Waals surface area contributed by atoms with Gasteiger partial charge >= 0.3 is 0 Å². The molecule has 0 aliphatic rings. The molecule has 3 rings (SSSR count). The van der Waals surface area contributed by atoms with Gasteiger partial charge in [-0.15, -0.1) is 0 Å². The van der Waals surface area contributed by atoms with Gasteiger partial charge in [-0.3, -0.25) is 9.59 Å². The van der Waals surface area contributed by atoms with Crippen molar-refractivity contribution in [1.82, 2.24) is 10.2 Å². The van der Waals surface area contributed by atoms with Gasteiger partial charge in [0.15, 0.2) is 0 Å². The molecule has 0 aliphatic carbocycles. The molecule has 0 saturated heterocycles. The molecule has 33 heavy (non-hydrogen) atoms. The van der Waals surface area contributed by atoms with Crippen molar-refractivity contribution in [2.45, 2.75) is 32.5 Å². The smallest absolute Gasteiger partial charge is 0.255 e. The van der Waals surface area contributed by atoms with Crippen LogP contribution in [0.15, 0.2) is 78.9 Å². The predicted octanol–water partition coefficient (Wildman–Crippen LogP) is 4.44. The van der Waals surface area contributed by atoms with Gasteiger partial charge in [0, 0.05) is 18.7 Å². The van der Waals surface area contributed by atoms with E-state index in [0.717, 1.165) is 22.6 Å². The summed E-state index contributed by atoms with van der Waals surface area (Å²) in [5.74, 6) is 1.04. The van der Waals surface area contributed by atoms with E-state index < -0.39 is 5.54 Å². The topological polar surface area (TPSA) is 67.9 Å². The number of benzene rings is 3. The van der Waals surface area contributed by atoms with Crippen LogP contribution in [0.1, 0.15) is 35.3 Å². The molecule has 0 aromatic heterocycles. The highest BCUT2D eigenvalue weighted by Gasteiger charge is 2.38. The highest BCUT2D eigenvalue weighted by atomic mass is 16.5. The zero-order valence-corrected chi connectivity index (χ0v) is 19.5. The Morgan fingerprint density at radius 1 is 0.788 bits per heavy atom. The Bertz CT molecular complexity index is 1060. The molecule has 6 nitrogen and oxygen atoms in total. The van der Waals surface area contributed by atoms with Gasteiger partial charge in [0.05, 0.1) is 14.2 Å². The van der Waals surface area contributed by atoms with Crippen LogP contribution in [0, 0.1) is 0 Å². The fraction of sp³-hybridized carbons (Fsp3) is 0.259. The lowest BCUT2D eigenvalue weighted by molar-refractivity contribution is -0.130. The Morgan fingerprint density at radius 3 is 1.82 bits per heavy atom. The number of hydrogen-bond donors (Lipinski definition) is 1. The van der Waals surface area contributed by atoms with E-state index in [2.05, 4.69) is 5.32 Å². The highest BCUT2D eigenvalue weighted by Crippen LogP contribution is 2.23. The molecule has 1 N–H and O–H groups in total. The SMILES string of the molecule is COc1ccc(CNC(=O)C(C)(C)N(Cc2ccc(OC)cc2)C(=O)c2ccccc2)cc1. The molecule has 0 atom stereocenters. The van der Waals surface area contributed by atoms with Crippen LogP contribution in [0.4, 0.5) is 0 Å². The first kappa shape index (κ1) is 23.9. The van der Waals surface area contributed by atoms with Gasteiger partial charge in [-0.2, -0.15) is 0 Å². The molecule has 6 heteroatoms. The highest BCUT2D eigenvalue weighted by molar-refractivity contribution is 5.99. The van der Waals surface area contributed by atoms with E-state index in [-0.39, 0.29) is 18.4 Å². The Balaban J connectivity index is 1.82. The fourth-order valence-corrected chi connectivity index (χ4v) is 3.44. The standard InChI is InChI=1S/C27H30N2O4/c1-27(2,26(31)28-18-20-10-14-23(32-3)15-11-20)29(25(30)22-8-6-5-7-9-22)19-21-12-16-24(33-4)17-13-21/h5-17H,18-19H2,1-4H3,(H,28,31). The molecule has 3 aromatic carbocycles. The Morgan fingerprint density at radius 2 is 1.30 bits per heavy atom. The van der Waals surface area contributed by atoms with Crippen LogP contribution in [0.5, 0.6) is 11.5 Å². The summed E-state index contributed by atoms with van der Waals surface area (Å²) in [6.07, 6.45) is 0. The van der Waals surface area contributed by atoms with Crippen LogP contribution in [0.25, 0.3) is 0 Å². The monoisotopic (exact) mass is 446 g/mol. The number of carbonyl (C=O) groups excluding carboxylic acids is 2. The third-order valence-corrected chi connectivity index (χ3v) is 5.61. The van der Waals surface area contributed by atoms with Crippen molar-refractivity contribution in [3.05, 3.63) is 95.6 Å². The second kappa shape index (κ2) is 10.7. The first-order valence-electron chi connectivity index (χ1n) is 10.8. The van der Waals surface area contributed by atoms with Gasteiger partial charge < -0.3 is 19.7 Å². The van der Waals surface area contributed by atoms with E-state index in [1.165, 1.54) is 0 Å². The lowest BCUT2D eigenvalue weighted by atomic mass is 9.98. The van der Waals surface area contributed by atoms with E-state index in [4.69, 9.17) is 9.47 Å². The third-order valence-electron chi connectivity index (χ3n) is 5.61. The molecule has 2 amide bonds. The first-order chi connectivity index (χ1) is 15.8. The average molecular weight is 447 g/mol. The van der Waals surface area contributed by atoms with Crippen LogP contribution < -0.4 is 14.8 Å². The molecule has 0 bridgehead atoms. The van der Waals surface area contributed by atoms with Gasteiger partial charge in [0.25, 0.3) is 5.91 Å². The molecule has 172 valence electrons. The van der Waals surface area contributed by atoms with E-state index in [1.807, 2.05) is 66.7 Å². The van der Waals surface area contributed by atoms with Gasteiger partial charge in [-0.05, 0) is 61.4 Å². The summed E-state index contributed by atoms with van der Waals surface area (Å²) in [4.78, 5) is 28.4. The molecule has 3 aromatic rings. The van der Waals surface area contributed by atoms with Crippen LogP contribution in [-0.2, 0) is 17.9 Å². The second-order valence-electron chi connectivity index (χ2n) is 8.20. The Kier molecular flexibility index (Phi) is 7.72. The maximum Gasteiger partial charge on any atom is 0.255 e. The van der Waals surface area contributed by atoms with Crippen molar-refractivity contribution >= 4 is 11.8 Å². The zero-order valence-electron chi connectivity index (χ0n) is 19.5. The molecular formula is C27H30N2O4. The van der Waals surface area contributed by atoms with Crippen molar-refractivity contribution in [2.24, 2.45) is 0 Å². The number of amides is 2. The quantitative estimate of drug-likeness (QED) is 0.528. The molecule has 0 unspecified atom stereocenters. The van der Waals surface area contributed by atoms with Crippen molar-refractivity contribution in [1.29, 1.82) is 0 Å². The summed E-state index contributed by atoms with van der Waals surface area (Å²) in [6, 6.07) is 24.0. The van der Waals surface area contributed by atoms with Crippen LogP contribution in [0.3, 0.4) is 0 Å². The number of methoxy groups -OCH3 is 2. The number of nitrogens with zero attached hydrogens (tertiary/aromatic N) is 1. The molecule has 0 fully saturated rings. The lowest BCUT2D eigenvalue weighted by Gasteiger charge is -2.37. The first-order valence-corrected chi connectivity index (χ1v) is 10.8. The largest absolute Gasteiger partial charge is 0.497 e. The summed E-state index contributed by atoms with van der Waals surface area (Å²) >= 11 is 0. The molecule has 0 spiro atoms. The van der Waals surface area contributed by atoms with E-state index in [1.54, 1.807) is 45.1 Å². The Hall–Kier alpha value is -3.80. The number of ether oxygens (including phenoxy) is 2. The van der Waals surface area contributed by atoms with Crippen LogP contribution in [0.2, 0.25) is 0 Å². The van der Waals surface area contributed by atoms with Crippen LogP contribution >= 0.6 is 0 Å². The molecular weight excluding hydrogens is 416 g/mol. The number of hydrogen-bond acceptors (Lipinski definition) is 4. The van der Waals surface area contributed by atoms with Crippen molar-refractivity contribution in [3.8, 4) is 11.5 Å². The average Bonchev–Trinajstić information content (AvgIpc) is 2.86. The van der Waals surface area contributed by atoms with Crippen molar-refractivity contribution < 1.29 is 19.1 Å². The minimum absolute atomic E-state index is 0.212. The van der Waals surface area contributed by atoms with Gasteiger partial charge in [-0.1, -0.05) is 42.5 Å². The summed E-state index contributed by atoms with van der Waals surface area (Å²) in [6.45, 7) is 4.16. The van der Waals surface area contributed by atoms with E-state index in [0.29, 0.717) is 12.1 Å². The summed E-state index contributed by atoms with van der Waals surface area (Å²) < 4.78 is 10.4. The summed E-state index contributed by atoms with van der Waals surface area (Å²) in [5.41, 5.74) is 1.27. The van der Waals surface area contributed by atoms with Crippen molar-refractivity contribution in [3.63, 3.8) is 0 Å². The zero-order chi connectivity index (χ0) is 23.8. The predicted molar refractivity (Wildman–Crippen MR) is 128 cm³/mol. The Labute approximate surface area is 195 Å². The van der Waals surface area contributed by atoms with E-state index in [9.17, 15) is 9.59 Å². The number of nitrogens with one attached hydrogen (secondary N) is 1. The van der Waals surface area contributed by atoms with Gasteiger partial charge in [0.2, 0.25) is 5.91 Å². The summed E-state index contributed by atoms with van der Waals surface area (Å²) in [5, 5.41) is 2.97. The van der Waals surface area contributed by atoms with Crippen molar-refractivity contribution in [2.75, 3.05) is 14.2 Å². The van der Waals surface area contributed by atoms with E-state index >= 15 is 0 Å². The minimum atomic E-state index is -1.10. The summed E-state index contributed by atoms with van der Waals surface area (Å²) in [7, 11) is 3.22. The number of carbonyl (C=O) groups is 2. The molecule has 0 saturated carbocycles. The molecule has 0 radical (unpaired) electrons. The van der Waals surface area contributed by atoms with Gasteiger partial charge in [-0.25, -0.2) is 0 Å². The molecule has 0 heterocycles. The normalized spacial score (nSPS) is 10.9. The fourth-order valence-electron chi connectivity index (χ4n) is 3.44. The third kappa shape index (κ3) is 5.92. The van der Waals surface area contributed by atoms with Crippen LogP contribution in [-0.4, -0.2) is 36.5 Å². The maximum absolute atomic E-state index is 13.5.